The van der Waals surface area contributed by atoms with Gasteiger partial charge in [0.05, 0.1) is 43.1 Å². The molecule has 1 atom stereocenters. The second kappa shape index (κ2) is 11.2. The number of nitrogens with zero attached hydrogens (tertiary/aromatic N) is 3. The number of halogens is 1. The van der Waals surface area contributed by atoms with Gasteiger partial charge >= 0.3 is 0 Å². The maximum atomic E-state index is 13.7. The number of aromatic nitrogens is 2. The Morgan fingerprint density at radius 1 is 1.12 bits per heavy atom. The van der Waals surface area contributed by atoms with Crippen LogP contribution < -0.4 is 26.4 Å². The van der Waals surface area contributed by atoms with E-state index in [1.54, 1.807) is 25.7 Å². The average Bonchev–Trinajstić information content (AvgIpc) is 3.31. The topological polar surface area (TPSA) is 136 Å². The van der Waals surface area contributed by atoms with Gasteiger partial charge in [0.1, 0.15) is 21.4 Å². The Labute approximate surface area is 232 Å². The summed E-state index contributed by atoms with van der Waals surface area (Å²) in [6.45, 7) is 1.98. The molecule has 0 spiro atoms. The highest BCUT2D eigenvalue weighted by atomic mass is 32.2. The first-order chi connectivity index (χ1) is 19.2. The highest BCUT2D eigenvalue weighted by Crippen LogP contribution is 2.41. The molecule has 0 saturated carbocycles. The van der Waals surface area contributed by atoms with Gasteiger partial charge in [0.2, 0.25) is 0 Å². The van der Waals surface area contributed by atoms with Gasteiger partial charge in [-0.05, 0) is 47.5 Å². The predicted molar refractivity (Wildman–Crippen MR) is 156 cm³/mol. The summed E-state index contributed by atoms with van der Waals surface area (Å²) in [5, 5.41) is 15.0. The first kappa shape index (κ1) is 27.6. The monoisotopic (exact) mass is 565 g/mol. The van der Waals surface area contributed by atoms with Crippen LogP contribution in [0.15, 0.2) is 65.8 Å². The molecule has 3 aromatic carbocycles. The van der Waals surface area contributed by atoms with Crippen molar-refractivity contribution in [2.75, 3.05) is 49.4 Å². The molecule has 0 saturated heterocycles. The van der Waals surface area contributed by atoms with Crippen LogP contribution >= 0.6 is 0 Å². The van der Waals surface area contributed by atoms with E-state index in [1.165, 1.54) is 18.4 Å². The van der Waals surface area contributed by atoms with Crippen LogP contribution in [0.4, 0.5) is 15.8 Å². The van der Waals surface area contributed by atoms with Crippen molar-refractivity contribution in [1.29, 1.82) is 0 Å². The summed E-state index contributed by atoms with van der Waals surface area (Å²) in [5.74, 6) is 0.419. The maximum absolute atomic E-state index is 13.7. The minimum absolute atomic E-state index is 0.0938. The Morgan fingerprint density at radius 2 is 1.98 bits per heavy atom. The van der Waals surface area contributed by atoms with E-state index in [4.69, 9.17) is 10.5 Å². The van der Waals surface area contributed by atoms with Gasteiger partial charge in [0.25, 0.3) is 0 Å². The number of nitrogens with one attached hydrogen (secondary N) is 3. The summed E-state index contributed by atoms with van der Waals surface area (Å²) < 4.78 is 43.7. The minimum Gasteiger partial charge on any atom is -0.495 e. The Morgan fingerprint density at radius 3 is 2.75 bits per heavy atom. The molecular formula is C28H32FN7O3S. The third kappa shape index (κ3) is 5.93. The smallest absolute Gasteiger partial charge is 0.163 e. The number of nitrogens with two attached hydrogens (primary N) is 1. The number of anilines is 2. The number of benzene rings is 3. The van der Waals surface area contributed by atoms with E-state index >= 15 is 0 Å². The van der Waals surface area contributed by atoms with Gasteiger partial charge in [-0.2, -0.15) is 5.10 Å². The molecule has 0 amide bonds. The summed E-state index contributed by atoms with van der Waals surface area (Å²) in [5.41, 5.74) is 10.6. The van der Waals surface area contributed by atoms with Crippen molar-refractivity contribution < 1.29 is 17.5 Å². The third-order valence-corrected chi connectivity index (χ3v) is 7.75. The van der Waals surface area contributed by atoms with Crippen molar-refractivity contribution >= 4 is 38.5 Å². The molecular weight excluding hydrogens is 533 g/mol. The molecule has 1 aliphatic heterocycles. The molecule has 1 aliphatic rings. The number of methoxy groups -OCH3 is 1. The first-order valence-corrected chi connectivity index (χ1v) is 14.9. The number of hydrogen-bond acceptors (Lipinski definition) is 9. The largest absolute Gasteiger partial charge is 0.495 e. The first-order valence-electron chi connectivity index (χ1n) is 12.8. The summed E-state index contributed by atoms with van der Waals surface area (Å²) in [4.78, 5) is 4.62. The van der Waals surface area contributed by atoms with Crippen molar-refractivity contribution in [2.45, 2.75) is 12.2 Å². The second-order valence-electron chi connectivity index (χ2n) is 9.78. The van der Waals surface area contributed by atoms with E-state index in [0.717, 1.165) is 39.0 Å². The molecule has 1 aromatic heterocycles. The van der Waals surface area contributed by atoms with Gasteiger partial charge in [-0.1, -0.05) is 18.2 Å². The summed E-state index contributed by atoms with van der Waals surface area (Å²) >= 11 is 0. The minimum atomic E-state index is -3.00. The molecule has 0 bridgehead atoms. The van der Waals surface area contributed by atoms with Crippen LogP contribution in [0.25, 0.3) is 10.9 Å². The van der Waals surface area contributed by atoms with Gasteiger partial charge in [-0.3, -0.25) is 10.4 Å². The zero-order valence-corrected chi connectivity index (χ0v) is 23.1. The van der Waals surface area contributed by atoms with Crippen molar-refractivity contribution in [3.8, 4) is 5.75 Å². The molecule has 0 radical (unpaired) electrons. The van der Waals surface area contributed by atoms with E-state index in [-0.39, 0.29) is 11.6 Å². The molecule has 5 N–H and O–H groups in total. The number of sulfone groups is 1. The summed E-state index contributed by atoms with van der Waals surface area (Å²) in [6, 6.07) is 16.1. The van der Waals surface area contributed by atoms with Crippen LogP contribution in [-0.2, 0) is 22.0 Å². The average molecular weight is 566 g/mol. The van der Waals surface area contributed by atoms with Crippen LogP contribution in [0, 0.1) is 5.82 Å². The van der Waals surface area contributed by atoms with Gasteiger partial charge in [0.15, 0.2) is 5.66 Å². The highest BCUT2D eigenvalue weighted by Gasteiger charge is 2.35. The molecule has 1 unspecified atom stereocenters. The zero-order valence-electron chi connectivity index (χ0n) is 22.3. The van der Waals surface area contributed by atoms with E-state index in [9.17, 15) is 12.8 Å². The molecule has 0 fully saturated rings. The van der Waals surface area contributed by atoms with Crippen molar-refractivity contribution in [2.24, 2.45) is 10.7 Å². The number of aliphatic imine (C=N–C) groups is 1. The van der Waals surface area contributed by atoms with E-state index in [1.807, 2.05) is 41.1 Å². The number of hydrogen-bond donors (Lipinski definition) is 4. The van der Waals surface area contributed by atoms with Crippen LogP contribution in [0.5, 0.6) is 5.75 Å². The second-order valence-corrected chi connectivity index (χ2v) is 12.0. The molecule has 40 heavy (non-hydrogen) atoms. The fourth-order valence-corrected chi connectivity index (χ4v) is 5.27. The molecule has 5 rings (SSSR count). The fraction of sp³-hybridized carbons (Fsp3) is 0.286. The van der Waals surface area contributed by atoms with Gasteiger partial charge in [-0.15, -0.1) is 0 Å². The highest BCUT2D eigenvalue weighted by molar-refractivity contribution is 7.90. The van der Waals surface area contributed by atoms with E-state index in [0.29, 0.717) is 31.9 Å². The lowest BCUT2D eigenvalue weighted by molar-refractivity contribution is 0.414. The van der Waals surface area contributed by atoms with Gasteiger partial charge in [0, 0.05) is 42.5 Å². The molecule has 2 heterocycles. The van der Waals surface area contributed by atoms with Crippen molar-refractivity contribution in [3.05, 3.63) is 83.3 Å². The van der Waals surface area contributed by atoms with Crippen LogP contribution in [0.3, 0.4) is 0 Å². The molecule has 210 valence electrons. The van der Waals surface area contributed by atoms with Crippen molar-refractivity contribution in [1.82, 2.24) is 15.1 Å². The standard InChI is InChI=1S/C28H32FN7O3S/c1-39-27-14-23-24(15-25(27)32-9-8-31-10-11-40(2,37)38)33-18-34-28(23,30)21-6-7-26-20(13-21)16-35-36(26)17-19-4-3-5-22(29)12-19/h3-7,12-16,18,31-32H,8-11,17,30H2,1-2H3,(H,33,34). The van der Waals surface area contributed by atoms with Crippen LogP contribution in [-0.4, -0.2) is 63.3 Å². The Kier molecular flexibility index (Phi) is 7.74. The van der Waals surface area contributed by atoms with Gasteiger partial charge in [-0.25, -0.2) is 17.8 Å². The quantitative estimate of drug-likeness (QED) is 0.204. The normalized spacial score (nSPS) is 16.5. The lowest BCUT2D eigenvalue weighted by atomic mass is 9.89. The van der Waals surface area contributed by atoms with E-state index in [2.05, 4.69) is 26.0 Å². The fourth-order valence-electron chi connectivity index (χ4n) is 4.75. The lowest BCUT2D eigenvalue weighted by Crippen LogP contribution is -2.39. The van der Waals surface area contributed by atoms with Crippen molar-refractivity contribution in [3.63, 3.8) is 0 Å². The zero-order chi connectivity index (χ0) is 28.3. The number of ether oxygens (including phenoxy) is 1. The third-order valence-electron chi connectivity index (χ3n) is 6.81. The Balaban J connectivity index is 1.36. The summed E-state index contributed by atoms with van der Waals surface area (Å²) in [7, 11) is -1.41. The van der Waals surface area contributed by atoms with Gasteiger partial charge < -0.3 is 20.7 Å². The molecule has 12 heteroatoms. The number of fused-ring (bicyclic) bond motifs is 2. The maximum Gasteiger partial charge on any atom is 0.163 e. The van der Waals surface area contributed by atoms with Crippen LogP contribution in [0.2, 0.25) is 0 Å². The number of rotatable bonds is 11. The molecule has 4 aromatic rings. The lowest BCUT2D eigenvalue weighted by Gasteiger charge is -2.32. The Hall–Kier alpha value is -4.00. The summed E-state index contributed by atoms with van der Waals surface area (Å²) in [6.07, 6.45) is 4.58. The Bertz CT molecular complexity index is 1670. The predicted octanol–water partition coefficient (Wildman–Crippen LogP) is 2.89. The van der Waals surface area contributed by atoms with Crippen LogP contribution in [0.1, 0.15) is 16.7 Å². The SMILES string of the molecule is COc1cc2c(cc1NCCNCCS(C)(=O)=O)NC=NC2(N)c1ccc2c(cnn2Cc2cccc(F)c2)c1. The van der Waals surface area contributed by atoms with E-state index < -0.39 is 15.5 Å². The molecule has 0 aliphatic carbocycles. The molecule has 10 nitrogen and oxygen atoms in total.